The van der Waals surface area contributed by atoms with Crippen molar-refractivity contribution >= 4 is 21.5 Å². The Morgan fingerprint density at radius 2 is 2.00 bits per heavy atom. The highest BCUT2D eigenvalue weighted by Gasteiger charge is 2.19. The van der Waals surface area contributed by atoms with E-state index in [1.165, 1.54) is 0 Å². The molecule has 1 aromatic heterocycles. The number of aromatic amines is 1. The zero-order valence-electron chi connectivity index (χ0n) is 10.00. The number of aromatic nitrogens is 2. The maximum atomic E-state index is 12.0. The van der Waals surface area contributed by atoms with Crippen LogP contribution in [-0.2, 0) is 16.4 Å². The predicted molar refractivity (Wildman–Crippen MR) is 71.0 cm³/mol. The third-order valence-electron chi connectivity index (χ3n) is 2.53. The molecule has 5 N–H and O–H groups in total. The Labute approximate surface area is 110 Å². The summed E-state index contributed by atoms with van der Waals surface area (Å²) in [6.07, 6.45) is 1.68. The molecule has 0 bridgehead atoms. The third kappa shape index (κ3) is 3.04. The van der Waals surface area contributed by atoms with Crippen LogP contribution in [0.3, 0.4) is 0 Å². The molecule has 8 heteroatoms. The van der Waals surface area contributed by atoms with Gasteiger partial charge in [0.1, 0.15) is 10.7 Å². The fourth-order valence-corrected chi connectivity index (χ4v) is 2.66. The van der Waals surface area contributed by atoms with Crippen LogP contribution >= 0.6 is 0 Å². The molecule has 0 saturated carbocycles. The van der Waals surface area contributed by atoms with Gasteiger partial charge in [0.15, 0.2) is 0 Å². The first-order chi connectivity index (χ1) is 9.03. The number of rotatable bonds is 5. The van der Waals surface area contributed by atoms with Gasteiger partial charge in [0.2, 0.25) is 0 Å². The van der Waals surface area contributed by atoms with Gasteiger partial charge >= 0.3 is 0 Å². The van der Waals surface area contributed by atoms with Crippen molar-refractivity contribution in [1.82, 2.24) is 10.2 Å². The Bertz CT molecular complexity index is 649. The smallest absolute Gasteiger partial charge is 0.267 e. The molecule has 0 aliphatic rings. The minimum absolute atomic E-state index is 0.00981. The normalized spacial score (nSPS) is 11.4. The number of hydrogen-bond donors (Lipinski definition) is 4. The van der Waals surface area contributed by atoms with Gasteiger partial charge in [-0.2, -0.15) is 5.10 Å². The molecule has 0 spiro atoms. The molecule has 19 heavy (non-hydrogen) atoms. The Morgan fingerprint density at radius 3 is 2.53 bits per heavy atom. The van der Waals surface area contributed by atoms with Gasteiger partial charge in [-0.1, -0.05) is 12.1 Å². The van der Waals surface area contributed by atoms with Crippen molar-refractivity contribution in [2.45, 2.75) is 11.3 Å². The predicted octanol–water partition coefficient (Wildman–Crippen LogP) is 0.327. The summed E-state index contributed by atoms with van der Waals surface area (Å²) in [5, 5.41) is 14.7. The molecular weight excluding hydrogens is 268 g/mol. The highest BCUT2D eigenvalue weighted by molar-refractivity contribution is 7.92. The van der Waals surface area contributed by atoms with Crippen molar-refractivity contribution < 1.29 is 13.5 Å². The number of aliphatic hydroxyl groups excluding tert-OH is 1. The lowest BCUT2D eigenvalue weighted by atomic mass is 10.1. The summed E-state index contributed by atoms with van der Waals surface area (Å²) in [7, 11) is -3.74. The van der Waals surface area contributed by atoms with E-state index < -0.39 is 10.0 Å². The van der Waals surface area contributed by atoms with Crippen LogP contribution in [-0.4, -0.2) is 30.3 Å². The fourth-order valence-electron chi connectivity index (χ4n) is 1.58. The molecule has 0 aliphatic heterocycles. The van der Waals surface area contributed by atoms with Crippen molar-refractivity contribution in [1.29, 1.82) is 0 Å². The molecule has 102 valence electrons. The topological polar surface area (TPSA) is 121 Å². The molecule has 0 saturated heterocycles. The molecule has 1 heterocycles. The third-order valence-corrected chi connectivity index (χ3v) is 3.94. The van der Waals surface area contributed by atoms with E-state index in [-0.39, 0.29) is 17.3 Å². The second kappa shape index (κ2) is 5.29. The SMILES string of the molecule is Nc1[nH]ncc1S(=O)(=O)Nc1ccc(CCO)cc1. The molecule has 2 aromatic rings. The summed E-state index contributed by atoms with van der Waals surface area (Å²) in [5.41, 5.74) is 6.82. The Morgan fingerprint density at radius 1 is 1.32 bits per heavy atom. The van der Waals surface area contributed by atoms with E-state index in [2.05, 4.69) is 14.9 Å². The summed E-state index contributed by atoms with van der Waals surface area (Å²) < 4.78 is 26.4. The highest BCUT2D eigenvalue weighted by Crippen LogP contribution is 2.19. The number of nitrogens with zero attached hydrogens (tertiary/aromatic N) is 1. The lowest BCUT2D eigenvalue weighted by Gasteiger charge is -2.07. The number of nitrogens with two attached hydrogens (primary N) is 1. The van der Waals surface area contributed by atoms with Crippen molar-refractivity contribution in [2.75, 3.05) is 17.1 Å². The Kier molecular flexibility index (Phi) is 3.72. The molecule has 0 radical (unpaired) electrons. The Hall–Kier alpha value is -2.06. The van der Waals surface area contributed by atoms with E-state index >= 15 is 0 Å². The average molecular weight is 282 g/mol. The minimum atomic E-state index is -3.74. The average Bonchev–Trinajstić information content (AvgIpc) is 2.79. The van der Waals surface area contributed by atoms with E-state index in [4.69, 9.17) is 10.8 Å². The molecule has 0 unspecified atom stereocenters. The molecule has 0 fully saturated rings. The summed E-state index contributed by atoms with van der Waals surface area (Å²) in [6.45, 7) is 0.0522. The number of nitrogens with one attached hydrogen (secondary N) is 2. The number of aliphatic hydroxyl groups is 1. The van der Waals surface area contributed by atoms with Gasteiger partial charge in [-0.15, -0.1) is 0 Å². The molecular formula is C11H14N4O3S. The summed E-state index contributed by atoms with van der Waals surface area (Å²) in [4.78, 5) is -0.0908. The molecule has 7 nitrogen and oxygen atoms in total. The van der Waals surface area contributed by atoms with E-state index in [0.717, 1.165) is 11.8 Å². The molecule has 0 atom stereocenters. The van der Waals surface area contributed by atoms with Gasteiger partial charge in [0.05, 0.1) is 6.20 Å². The van der Waals surface area contributed by atoms with Gasteiger partial charge in [-0.05, 0) is 24.1 Å². The van der Waals surface area contributed by atoms with Crippen LogP contribution < -0.4 is 10.5 Å². The van der Waals surface area contributed by atoms with Crippen molar-refractivity contribution in [2.24, 2.45) is 0 Å². The van der Waals surface area contributed by atoms with Crippen molar-refractivity contribution in [3.63, 3.8) is 0 Å². The number of anilines is 2. The number of sulfonamides is 1. The van der Waals surface area contributed by atoms with Gasteiger partial charge in [-0.25, -0.2) is 8.42 Å². The van der Waals surface area contributed by atoms with Crippen LogP contribution in [0.1, 0.15) is 5.56 Å². The number of benzene rings is 1. The van der Waals surface area contributed by atoms with Crippen LogP contribution in [0.4, 0.5) is 11.5 Å². The van der Waals surface area contributed by atoms with Crippen LogP contribution in [0.15, 0.2) is 35.4 Å². The maximum absolute atomic E-state index is 12.0. The summed E-state index contributed by atoms with van der Waals surface area (Å²) in [6, 6.07) is 6.73. The van der Waals surface area contributed by atoms with E-state index in [1.807, 2.05) is 0 Å². The quantitative estimate of drug-likeness (QED) is 0.629. The second-order valence-electron chi connectivity index (χ2n) is 3.92. The van der Waals surface area contributed by atoms with E-state index in [1.54, 1.807) is 24.3 Å². The van der Waals surface area contributed by atoms with Crippen LogP contribution in [0.2, 0.25) is 0 Å². The van der Waals surface area contributed by atoms with Crippen molar-refractivity contribution in [3.8, 4) is 0 Å². The molecule has 0 amide bonds. The van der Waals surface area contributed by atoms with Gasteiger partial charge in [0, 0.05) is 12.3 Å². The van der Waals surface area contributed by atoms with Crippen LogP contribution in [0.5, 0.6) is 0 Å². The first-order valence-electron chi connectivity index (χ1n) is 5.54. The van der Waals surface area contributed by atoms with Gasteiger partial charge in [-0.3, -0.25) is 9.82 Å². The Balaban J connectivity index is 2.19. The zero-order valence-corrected chi connectivity index (χ0v) is 10.8. The summed E-state index contributed by atoms with van der Waals surface area (Å²) >= 11 is 0. The molecule has 1 aromatic carbocycles. The standard InChI is InChI=1S/C11H14N4O3S/c12-11-10(7-13-14-11)19(17,18)15-9-3-1-8(2-4-9)5-6-16/h1-4,7,15-16H,5-6H2,(H3,12,13,14). The highest BCUT2D eigenvalue weighted by atomic mass is 32.2. The first kappa shape index (κ1) is 13.4. The van der Waals surface area contributed by atoms with E-state index in [9.17, 15) is 8.42 Å². The first-order valence-corrected chi connectivity index (χ1v) is 7.03. The van der Waals surface area contributed by atoms with E-state index in [0.29, 0.717) is 12.1 Å². The second-order valence-corrected chi connectivity index (χ2v) is 5.57. The number of nitrogen functional groups attached to an aromatic ring is 1. The van der Waals surface area contributed by atoms with Gasteiger partial charge in [0.25, 0.3) is 10.0 Å². The molecule has 0 aliphatic carbocycles. The monoisotopic (exact) mass is 282 g/mol. The number of H-pyrrole nitrogens is 1. The molecule has 2 rings (SSSR count). The van der Waals surface area contributed by atoms with Crippen LogP contribution in [0, 0.1) is 0 Å². The summed E-state index contributed by atoms with van der Waals surface area (Å²) in [5.74, 6) is -0.00981. The van der Waals surface area contributed by atoms with Crippen LogP contribution in [0.25, 0.3) is 0 Å². The van der Waals surface area contributed by atoms with Crippen molar-refractivity contribution in [3.05, 3.63) is 36.0 Å². The largest absolute Gasteiger partial charge is 0.396 e. The minimum Gasteiger partial charge on any atom is -0.396 e. The van der Waals surface area contributed by atoms with Gasteiger partial charge < -0.3 is 10.8 Å². The number of hydrogen-bond acceptors (Lipinski definition) is 5. The zero-order chi connectivity index (χ0) is 13.9. The maximum Gasteiger partial charge on any atom is 0.267 e. The lowest BCUT2D eigenvalue weighted by Crippen LogP contribution is -2.13. The fraction of sp³-hybridized carbons (Fsp3) is 0.182. The lowest BCUT2D eigenvalue weighted by molar-refractivity contribution is 0.299.